The number of ketones is 1. The molecule has 0 bridgehead atoms. The van der Waals surface area contributed by atoms with Gasteiger partial charge in [-0.05, 0) is 19.1 Å². The van der Waals surface area contributed by atoms with Crippen molar-refractivity contribution in [3.63, 3.8) is 0 Å². The van der Waals surface area contributed by atoms with Crippen LogP contribution in [0.25, 0.3) is 11.3 Å². The standard InChI is InChI=1S/C16H17N5O4S/c1-10-6-13(8-17)15(21(10)2)12-5-3-4-11(7-12)14(22)9-26(23,24)25-20-16(18)19/h3-7H,9H2,1-2H3,(H4,18,19,20). The minimum atomic E-state index is -4.26. The third-order valence-corrected chi connectivity index (χ3v) is 4.59. The minimum Gasteiger partial charge on any atom is -0.368 e. The molecule has 2 aromatic rings. The second-order valence-corrected chi connectivity index (χ2v) is 7.09. The lowest BCUT2D eigenvalue weighted by Gasteiger charge is -2.09. The van der Waals surface area contributed by atoms with Gasteiger partial charge >= 0.3 is 0 Å². The smallest absolute Gasteiger partial charge is 0.295 e. The third-order valence-electron chi connectivity index (χ3n) is 3.64. The number of aryl methyl sites for hydroxylation is 1. The molecule has 0 aliphatic rings. The number of hydrogen-bond donors (Lipinski definition) is 3. The molecule has 9 nitrogen and oxygen atoms in total. The highest BCUT2D eigenvalue weighted by atomic mass is 32.2. The number of nitrogens with one attached hydrogen (secondary N) is 2. The topological polar surface area (TPSA) is 151 Å². The van der Waals surface area contributed by atoms with E-state index in [4.69, 9.17) is 11.1 Å². The summed E-state index contributed by atoms with van der Waals surface area (Å²) in [5.74, 6) is -2.32. The number of nitrogens with two attached hydrogens (primary N) is 1. The number of hydroxylamine groups is 1. The number of hydrogen-bond acceptors (Lipinski definition) is 6. The molecule has 26 heavy (non-hydrogen) atoms. The van der Waals surface area contributed by atoms with Gasteiger partial charge in [0, 0.05) is 23.9 Å². The summed E-state index contributed by atoms with van der Waals surface area (Å²) < 4.78 is 29.5. The quantitative estimate of drug-likeness (QED) is 0.292. The lowest BCUT2D eigenvalue weighted by molar-refractivity contribution is 0.101. The van der Waals surface area contributed by atoms with Crippen molar-refractivity contribution >= 4 is 21.9 Å². The van der Waals surface area contributed by atoms with Crippen LogP contribution in [0.5, 0.6) is 0 Å². The van der Waals surface area contributed by atoms with E-state index < -0.39 is 27.6 Å². The second-order valence-electron chi connectivity index (χ2n) is 5.52. The molecule has 0 amide bonds. The van der Waals surface area contributed by atoms with Crippen molar-refractivity contribution < 1.29 is 17.5 Å². The molecular formula is C16H17N5O4S. The van der Waals surface area contributed by atoms with E-state index in [2.05, 4.69) is 10.4 Å². The molecule has 0 aliphatic heterocycles. The molecule has 136 valence electrons. The number of guanidine groups is 1. The van der Waals surface area contributed by atoms with Gasteiger partial charge in [-0.15, -0.1) is 4.28 Å². The molecular weight excluding hydrogens is 358 g/mol. The number of carbonyl (C=O) groups is 1. The molecule has 0 saturated carbocycles. The molecule has 4 N–H and O–H groups in total. The first-order valence-electron chi connectivity index (χ1n) is 7.36. The molecule has 0 radical (unpaired) electrons. The Kier molecular flexibility index (Phi) is 5.44. The molecule has 1 heterocycles. The normalized spacial score (nSPS) is 11.0. The lowest BCUT2D eigenvalue weighted by atomic mass is 10.0. The highest BCUT2D eigenvalue weighted by Crippen LogP contribution is 2.27. The van der Waals surface area contributed by atoms with Crippen LogP contribution < -0.4 is 11.2 Å². The molecule has 1 aromatic heterocycles. The van der Waals surface area contributed by atoms with Crippen LogP contribution in [-0.2, 0) is 21.4 Å². The van der Waals surface area contributed by atoms with Gasteiger partial charge in [0.1, 0.15) is 11.8 Å². The molecule has 10 heteroatoms. The summed E-state index contributed by atoms with van der Waals surface area (Å²) >= 11 is 0. The van der Waals surface area contributed by atoms with E-state index in [9.17, 15) is 18.5 Å². The maximum absolute atomic E-state index is 12.3. The number of carbonyl (C=O) groups excluding carboxylic acids is 1. The molecule has 0 atom stereocenters. The summed E-state index contributed by atoms with van der Waals surface area (Å²) in [6.45, 7) is 1.85. The van der Waals surface area contributed by atoms with E-state index in [1.54, 1.807) is 30.7 Å². The maximum atomic E-state index is 12.3. The zero-order valence-corrected chi connectivity index (χ0v) is 14.9. The van der Waals surface area contributed by atoms with Gasteiger partial charge in [-0.3, -0.25) is 10.2 Å². The number of benzene rings is 1. The van der Waals surface area contributed by atoms with Crippen molar-refractivity contribution in [2.45, 2.75) is 6.92 Å². The molecule has 0 unspecified atom stereocenters. The van der Waals surface area contributed by atoms with Gasteiger partial charge in [0.15, 0.2) is 5.78 Å². The van der Waals surface area contributed by atoms with E-state index >= 15 is 0 Å². The van der Waals surface area contributed by atoms with Crippen LogP contribution in [0.3, 0.4) is 0 Å². The summed E-state index contributed by atoms with van der Waals surface area (Å²) in [4.78, 5) is 12.3. The van der Waals surface area contributed by atoms with Crippen LogP contribution in [0, 0.1) is 23.7 Å². The predicted molar refractivity (Wildman–Crippen MR) is 94.6 cm³/mol. The van der Waals surface area contributed by atoms with Gasteiger partial charge in [0.2, 0.25) is 5.96 Å². The molecule has 1 aromatic carbocycles. The molecule has 0 aliphatic carbocycles. The Hall–Kier alpha value is -3.16. The average molecular weight is 375 g/mol. The Balaban J connectivity index is 2.32. The molecule has 2 rings (SSSR count). The molecule has 0 fully saturated rings. The van der Waals surface area contributed by atoms with Crippen LogP contribution in [0.15, 0.2) is 30.3 Å². The van der Waals surface area contributed by atoms with Crippen molar-refractivity contribution in [3.05, 3.63) is 47.2 Å². The summed E-state index contributed by atoms with van der Waals surface area (Å²) in [5, 5.41) is 16.2. The van der Waals surface area contributed by atoms with Gasteiger partial charge in [-0.25, -0.2) is 5.48 Å². The number of nitriles is 1. The van der Waals surface area contributed by atoms with Gasteiger partial charge in [0.05, 0.1) is 11.3 Å². The average Bonchev–Trinajstić information content (AvgIpc) is 2.87. The maximum Gasteiger partial charge on any atom is 0.295 e. The largest absolute Gasteiger partial charge is 0.368 e. The third kappa shape index (κ3) is 4.27. The summed E-state index contributed by atoms with van der Waals surface area (Å²) in [6.07, 6.45) is 0. The zero-order valence-electron chi connectivity index (χ0n) is 14.1. The highest BCUT2D eigenvalue weighted by molar-refractivity contribution is 7.87. The van der Waals surface area contributed by atoms with Crippen molar-refractivity contribution in [1.29, 1.82) is 10.7 Å². The minimum absolute atomic E-state index is 0.153. The van der Waals surface area contributed by atoms with Gasteiger partial charge in [-0.2, -0.15) is 13.7 Å². The zero-order chi connectivity index (χ0) is 19.5. The van der Waals surface area contributed by atoms with Crippen molar-refractivity contribution in [3.8, 4) is 17.3 Å². The Morgan fingerprint density at radius 3 is 2.73 bits per heavy atom. The van der Waals surface area contributed by atoms with Crippen molar-refractivity contribution in [2.75, 3.05) is 5.75 Å². The highest BCUT2D eigenvalue weighted by Gasteiger charge is 2.21. The van der Waals surface area contributed by atoms with Gasteiger partial charge in [-0.1, -0.05) is 18.2 Å². The van der Waals surface area contributed by atoms with Crippen LogP contribution in [-0.4, -0.2) is 30.5 Å². The van der Waals surface area contributed by atoms with E-state index in [0.717, 1.165) is 5.69 Å². The van der Waals surface area contributed by atoms with Gasteiger partial charge in [0.25, 0.3) is 10.1 Å². The van der Waals surface area contributed by atoms with Crippen LogP contribution in [0.2, 0.25) is 0 Å². The van der Waals surface area contributed by atoms with Crippen LogP contribution in [0.4, 0.5) is 0 Å². The summed E-state index contributed by atoms with van der Waals surface area (Å²) in [6, 6.07) is 10.2. The fraction of sp³-hybridized carbons (Fsp3) is 0.188. The van der Waals surface area contributed by atoms with Crippen molar-refractivity contribution in [2.24, 2.45) is 12.8 Å². The van der Waals surface area contributed by atoms with Gasteiger partial charge < -0.3 is 10.3 Å². The fourth-order valence-corrected chi connectivity index (χ4v) is 3.15. The van der Waals surface area contributed by atoms with E-state index in [0.29, 0.717) is 16.8 Å². The van der Waals surface area contributed by atoms with E-state index in [1.807, 2.05) is 11.5 Å². The Bertz CT molecular complexity index is 1020. The number of aromatic nitrogens is 1. The molecule has 0 saturated heterocycles. The second kappa shape index (κ2) is 7.38. The number of rotatable bonds is 6. The first-order chi connectivity index (χ1) is 12.1. The number of nitrogens with zero attached hydrogens (tertiary/aromatic N) is 2. The summed E-state index contributed by atoms with van der Waals surface area (Å²) in [7, 11) is -2.46. The van der Waals surface area contributed by atoms with Crippen molar-refractivity contribution in [1.82, 2.24) is 10.0 Å². The monoisotopic (exact) mass is 375 g/mol. The molecule has 0 spiro atoms. The lowest BCUT2D eigenvalue weighted by Crippen LogP contribution is -2.34. The predicted octanol–water partition coefficient (Wildman–Crippen LogP) is 0.799. The first-order valence-corrected chi connectivity index (χ1v) is 8.93. The SMILES string of the molecule is Cc1cc(C#N)c(-c2cccc(C(=O)CS(=O)(=O)ONC(=N)N)c2)n1C. The Morgan fingerprint density at radius 1 is 1.42 bits per heavy atom. The fourth-order valence-electron chi connectivity index (χ4n) is 2.39. The Morgan fingerprint density at radius 2 is 2.12 bits per heavy atom. The Labute approximate surface area is 150 Å². The van der Waals surface area contributed by atoms with E-state index in [1.165, 1.54) is 12.1 Å². The summed E-state index contributed by atoms with van der Waals surface area (Å²) in [5.41, 5.74) is 9.36. The van der Waals surface area contributed by atoms with Crippen LogP contribution in [0.1, 0.15) is 21.6 Å². The van der Waals surface area contributed by atoms with Crippen LogP contribution >= 0.6 is 0 Å². The van der Waals surface area contributed by atoms with E-state index in [-0.39, 0.29) is 5.56 Å². The number of Topliss-reactive ketones (excluding diaryl/α,β-unsaturated/α-hetero) is 1. The first kappa shape index (κ1) is 19.2.